The summed E-state index contributed by atoms with van der Waals surface area (Å²) in [6.07, 6.45) is 0.931. The van der Waals surface area contributed by atoms with Crippen molar-refractivity contribution in [3.63, 3.8) is 0 Å². The van der Waals surface area contributed by atoms with Gasteiger partial charge in [0.05, 0.1) is 13.2 Å². The standard InChI is InChI=1S/C15H18N2O3S/c16-17-15(18)12-3-5-13(6-4-12)20-10-9-19-8-7-14-2-1-11-21-14/h1-6,11H,7-10,16H2,(H,17,18). The zero-order chi connectivity index (χ0) is 14.9. The van der Waals surface area contributed by atoms with Crippen molar-refractivity contribution in [1.82, 2.24) is 5.43 Å². The van der Waals surface area contributed by atoms with Crippen molar-refractivity contribution in [1.29, 1.82) is 0 Å². The maximum Gasteiger partial charge on any atom is 0.265 e. The molecule has 6 heteroatoms. The molecule has 0 bridgehead atoms. The maximum atomic E-state index is 11.3. The van der Waals surface area contributed by atoms with E-state index >= 15 is 0 Å². The number of carbonyl (C=O) groups is 1. The van der Waals surface area contributed by atoms with Crippen LogP contribution in [0.3, 0.4) is 0 Å². The SMILES string of the molecule is NNC(=O)c1ccc(OCCOCCc2cccs2)cc1. The van der Waals surface area contributed by atoms with Crippen LogP contribution in [0.1, 0.15) is 15.2 Å². The highest BCUT2D eigenvalue weighted by molar-refractivity contribution is 7.09. The molecule has 1 heterocycles. The van der Waals surface area contributed by atoms with Crippen LogP contribution >= 0.6 is 11.3 Å². The minimum atomic E-state index is -0.321. The van der Waals surface area contributed by atoms with Crippen LogP contribution in [0, 0.1) is 0 Å². The zero-order valence-corrected chi connectivity index (χ0v) is 12.4. The molecule has 21 heavy (non-hydrogen) atoms. The van der Waals surface area contributed by atoms with Gasteiger partial charge in [-0.1, -0.05) is 6.07 Å². The molecule has 0 saturated heterocycles. The minimum Gasteiger partial charge on any atom is -0.491 e. The number of ether oxygens (including phenoxy) is 2. The third kappa shape index (κ3) is 5.18. The van der Waals surface area contributed by atoms with Crippen LogP contribution in [-0.2, 0) is 11.2 Å². The van der Waals surface area contributed by atoms with E-state index in [4.69, 9.17) is 15.3 Å². The molecule has 0 spiro atoms. The predicted molar refractivity (Wildman–Crippen MR) is 82.4 cm³/mol. The van der Waals surface area contributed by atoms with Gasteiger partial charge in [-0.3, -0.25) is 10.2 Å². The van der Waals surface area contributed by atoms with Crippen molar-refractivity contribution in [3.05, 3.63) is 52.2 Å². The van der Waals surface area contributed by atoms with E-state index in [1.54, 1.807) is 35.6 Å². The molecule has 0 atom stereocenters. The molecule has 1 amide bonds. The molecule has 1 aromatic heterocycles. The maximum absolute atomic E-state index is 11.3. The summed E-state index contributed by atoms with van der Waals surface area (Å²) in [7, 11) is 0. The van der Waals surface area contributed by atoms with Gasteiger partial charge < -0.3 is 9.47 Å². The molecule has 1 aromatic carbocycles. The molecule has 0 unspecified atom stereocenters. The third-order valence-electron chi connectivity index (χ3n) is 2.82. The summed E-state index contributed by atoms with van der Waals surface area (Å²) in [5.41, 5.74) is 2.58. The number of hydrogen-bond acceptors (Lipinski definition) is 5. The Morgan fingerprint density at radius 1 is 1.14 bits per heavy atom. The lowest BCUT2D eigenvalue weighted by Gasteiger charge is -2.07. The van der Waals surface area contributed by atoms with Crippen molar-refractivity contribution < 1.29 is 14.3 Å². The predicted octanol–water partition coefficient (Wildman–Crippen LogP) is 1.99. The van der Waals surface area contributed by atoms with E-state index in [2.05, 4.69) is 16.9 Å². The fourth-order valence-corrected chi connectivity index (χ4v) is 2.42. The van der Waals surface area contributed by atoms with E-state index in [0.29, 0.717) is 31.1 Å². The van der Waals surface area contributed by atoms with E-state index in [1.165, 1.54) is 4.88 Å². The monoisotopic (exact) mass is 306 g/mol. The number of thiophene rings is 1. The number of nitrogens with one attached hydrogen (secondary N) is 1. The van der Waals surface area contributed by atoms with Gasteiger partial charge in [0.2, 0.25) is 0 Å². The summed E-state index contributed by atoms with van der Waals surface area (Å²) < 4.78 is 11.0. The molecule has 0 aliphatic rings. The van der Waals surface area contributed by atoms with Gasteiger partial charge in [0.1, 0.15) is 12.4 Å². The van der Waals surface area contributed by atoms with Crippen molar-refractivity contribution in [2.24, 2.45) is 5.84 Å². The molecular formula is C15H18N2O3S. The average molecular weight is 306 g/mol. The second kappa shape index (κ2) is 8.41. The van der Waals surface area contributed by atoms with Crippen LogP contribution in [-0.4, -0.2) is 25.7 Å². The molecule has 0 fully saturated rings. The number of amides is 1. The smallest absolute Gasteiger partial charge is 0.265 e. The van der Waals surface area contributed by atoms with Crippen molar-refractivity contribution in [2.45, 2.75) is 6.42 Å². The summed E-state index contributed by atoms with van der Waals surface area (Å²) in [4.78, 5) is 12.6. The largest absolute Gasteiger partial charge is 0.491 e. The van der Waals surface area contributed by atoms with Gasteiger partial charge in [-0.25, -0.2) is 5.84 Å². The van der Waals surface area contributed by atoms with Crippen LogP contribution in [0.4, 0.5) is 0 Å². The van der Waals surface area contributed by atoms with Gasteiger partial charge in [-0.05, 0) is 35.7 Å². The van der Waals surface area contributed by atoms with E-state index in [1.807, 2.05) is 6.07 Å². The molecule has 0 radical (unpaired) electrons. The van der Waals surface area contributed by atoms with E-state index in [-0.39, 0.29) is 5.91 Å². The number of benzene rings is 1. The molecule has 0 aliphatic carbocycles. The summed E-state index contributed by atoms with van der Waals surface area (Å²) >= 11 is 1.74. The lowest BCUT2D eigenvalue weighted by Crippen LogP contribution is -2.29. The van der Waals surface area contributed by atoms with Crippen LogP contribution in [0.2, 0.25) is 0 Å². The number of nitrogen functional groups attached to an aromatic ring is 1. The molecule has 0 aliphatic heterocycles. The van der Waals surface area contributed by atoms with Gasteiger partial charge in [-0.2, -0.15) is 0 Å². The third-order valence-corrected chi connectivity index (χ3v) is 3.75. The van der Waals surface area contributed by atoms with Gasteiger partial charge in [0.25, 0.3) is 5.91 Å². The Labute approximate surface area is 127 Å². The van der Waals surface area contributed by atoms with Crippen molar-refractivity contribution in [3.8, 4) is 5.75 Å². The molecule has 2 rings (SSSR count). The molecule has 112 valence electrons. The molecule has 0 saturated carbocycles. The Kier molecular flexibility index (Phi) is 6.21. The second-order valence-corrected chi connectivity index (χ2v) is 5.32. The Bertz CT molecular complexity index is 541. The number of hydrogen-bond donors (Lipinski definition) is 2. The Hall–Kier alpha value is -1.89. The normalized spacial score (nSPS) is 10.3. The lowest BCUT2D eigenvalue weighted by atomic mass is 10.2. The zero-order valence-electron chi connectivity index (χ0n) is 11.6. The topological polar surface area (TPSA) is 73.6 Å². The first-order valence-electron chi connectivity index (χ1n) is 6.63. The number of hydrazine groups is 1. The summed E-state index contributed by atoms with van der Waals surface area (Å²) in [5.74, 6) is 5.44. The summed E-state index contributed by atoms with van der Waals surface area (Å²) in [6, 6.07) is 10.9. The fraction of sp³-hybridized carbons (Fsp3) is 0.267. The second-order valence-electron chi connectivity index (χ2n) is 4.29. The number of nitrogens with two attached hydrogens (primary N) is 1. The fourth-order valence-electron chi connectivity index (χ4n) is 1.73. The lowest BCUT2D eigenvalue weighted by molar-refractivity contribution is 0.0953. The Balaban J connectivity index is 1.61. The molecule has 2 aromatic rings. The van der Waals surface area contributed by atoms with Crippen LogP contribution in [0.25, 0.3) is 0 Å². The van der Waals surface area contributed by atoms with Gasteiger partial charge >= 0.3 is 0 Å². The summed E-state index contributed by atoms with van der Waals surface area (Å²) in [6.45, 7) is 1.71. The highest BCUT2D eigenvalue weighted by Crippen LogP contribution is 2.12. The molecular weight excluding hydrogens is 288 g/mol. The first-order valence-corrected chi connectivity index (χ1v) is 7.51. The minimum absolute atomic E-state index is 0.321. The van der Waals surface area contributed by atoms with E-state index in [9.17, 15) is 4.79 Å². The van der Waals surface area contributed by atoms with Crippen LogP contribution < -0.4 is 16.0 Å². The first-order chi connectivity index (χ1) is 10.3. The number of rotatable bonds is 8. The van der Waals surface area contributed by atoms with Gasteiger partial charge in [-0.15, -0.1) is 11.3 Å². The van der Waals surface area contributed by atoms with E-state index in [0.717, 1.165) is 6.42 Å². The first kappa shape index (κ1) is 15.5. The quantitative estimate of drug-likeness (QED) is 0.338. The van der Waals surface area contributed by atoms with Crippen molar-refractivity contribution in [2.75, 3.05) is 19.8 Å². The number of carbonyl (C=O) groups excluding carboxylic acids is 1. The highest BCUT2D eigenvalue weighted by atomic mass is 32.1. The van der Waals surface area contributed by atoms with Gasteiger partial charge in [0.15, 0.2) is 0 Å². The Morgan fingerprint density at radius 3 is 2.62 bits per heavy atom. The van der Waals surface area contributed by atoms with Crippen LogP contribution in [0.15, 0.2) is 41.8 Å². The Morgan fingerprint density at radius 2 is 1.95 bits per heavy atom. The molecule has 3 N–H and O–H groups in total. The van der Waals surface area contributed by atoms with Gasteiger partial charge in [0, 0.05) is 16.9 Å². The van der Waals surface area contributed by atoms with Crippen LogP contribution in [0.5, 0.6) is 5.75 Å². The average Bonchev–Trinajstić information content (AvgIpc) is 3.04. The molecule has 5 nitrogen and oxygen atoms in total. The van der Waals surface area contributed by atoms with E-state index < -0.39 is 0 Å². The highest BCUT2D eigenvalue weighted by Gasteiger charge is 2.02. The summed E-state index contributed by atoms with van der Waals surface area (Å²) in [5, 5.41) is 2.06. The van der Waals surface area contributed by atoms with Crippen molar-refractivity contribution >= 4 is 17.2 Å².